The van der Waals surface area contributed by atoms with Gasteiger partial charge in [-0.1, -0.05) is 15.9 Å². The standard InChI is InChI=1S/C7H3Br2NO2/c8-3-1-4(9)6-5(2-3)10-7(11)12-6/h1-2H,(H,10,11). The third-order valence-corrected chi connectivity index (χ3v) is 2.49. The Hall–Kier alpha value is -0.550. The van der Waals surface area contributed by atoms with E-state index in [4.69, 9.17) is 4.42 Å². The summed E-state index contributed by atoms with van der Waals surface area (Å²) >= 11 is 6.58. The van der Waals surface area contributed by atoms with E-state index in [-0.39, 0.29) is 0 Å². The molecule has 1 aromatic heterocycles. The van der Waals surface area contributed by atoms with Gasteiger partial charge in [-0.25, -0.2) is 4.79 Å². The van der Waals surface area contributed by atoms with Crippen molar-refractivity contribution in [3.63, 3.8) is 0 Å². The normalized spacial score (nSPS) is 10.8. The smallest absolute Gasteiger partial charge is 0.407 e. The molecule has 0 aliphatic carbocycles. The summed E-state index contributed by atoms with van der Waals surface area (Å²) in [6, 6.07) is 3.60. The fourth-order valence-corrected chi connectivity index (χ4v) is 2.29. The Morgan fingerprint density at radius 2 is 2.08 bits per heavy atom. The number of hydrogen-bond acceptors (Lipinski definition) is 2. The van der Waals surface area contributed by atoms with E-state index in [1.807, 2.05) is 6.07 Å². The summed E-state index contributed by atoms with van der Waals surface area (Å²) in [6.45, 7) is 0. The minimum Gasteiger partial charge on any atom is -0.407 e. The van der Waals surface area contributed by atoms with E-state index in [1.165, 1.54) is 0 Å². The molecule has 3 nitrogen and oxygen atoms in total. The molecule has 1 aromatic carbocycles. The molecular formula is C7H3Br2NO2. The predicted molar refractivity (Wildman–Crippen MR) is 52.2 cm³/mol. The molecule has 0 saturated carbocycles. The summed E-state index contributed by atoms with van der Waals surface area (Å²) in [5, 5.41) is 0. The number of oxazole rings is 1. The molecule has 0 amide bonds. The molecule has 0 aliphatic rings. The second-order valence-electron chi connectivity index (χ2n) is 2.28. The second kappa shape index (κ2) is 2.74. The van der Waals surface area contributed by atoms with Gasteiger partial charge < -0.3 is 4.42 Å². The van der Waals surface area contributed by atoms with Crippen LogP contribution in [-0.2, 0) is 0 Å². The molecule has 0 bridgehead atoms. The van der Waals surface area contributed by atoms with Crippen LogP contribution < -0.4 is 5.76 Å². The lowest BCUT2D eigenvalue weighted by Gasteiger charge is -1.92. The lowest BCUT2D eigenvalue weighted by Crippen LogP contribution is -1.92. The van der Waals surface area contributed by atoms with Crippen molar-refractivity contribution < 1.29 is 4.42 Å². The number of hydrogen-bond donors (Lipinski definition) is 1. The van der Waals surface area contributed by atoms with Crippen LogP contribution in [0.15, 0.2) is 30.3 Å². The maximum absolute atomic E-state index is 10.8. The van der Waals surface area contributed by atoms with Gasteiger partial charge >= 0.3 is 5.76 Å². The van der Waals surface area contributed by atoms with Gasteiger partial charge in [0.1, 0.15) is 0 Å². The first-order chi connectivity index (χ1) is 5.66. The van der Waals surface area contributed by atoms with Crippen molar-refractivity contribution in [2.45, 2.75) is 0 Å². The van der Waals surface area contributed by atoms with Crippen molar-refractivity contribution in [2.75, 3.05) is 0 Å². The number of H-pyrrole nitrogens is 1. The van der Waals surface area contributed by atoms with Crippen LogP contribution in [0.2, 0.25) is 0 Å². The van der Waals surface area contributed by atoms with Crippen molar-refractivity contribution in [1.82, 2.24) is 4.98 Å². The number of rotatable bonds is 0. The minimum absolute atomic E-state index is 0.441. The molecule has 1 heterocycles. The summed E-state index contributed by atoms with van der Waals surface area (Å²) in [5.74, 6) is -0.441. The topological polar surface area (TPSA) is 46.0 Å². The maximum atomic E-state index is 10.8. The number of fused-ring (bicyclic) bond motifs is 1. The number of aromatic nitrogens is 1. The van der Waals surface area contributed by atoms with Crippen LogP contribution in [-0.4, -0.2) is 4.98 Å². The van der Waals surface area contributed by atoms with Crippen LogP contribution in [0.5, 0.6) is 0 Å². The zero-order valence-electron chi connectivity index (χ0n) is 5.73. The number of aromatic amines is 1. The van der Waals surface area contributed by atoms with Gasteiger partial charge in [-0.15, -0.1) is 0 Å². The Balaban J connectivity index is 2.97. The predicted octanol–water partition coefficient (Wildman–Crippen LogP) is 2.65. The first-order valence-electron chi connectivity index (χ1n) is 3.15. The highest BCUT2D eigenvalue weighted by Crippen LogP contribution is 2.26. The summed E-state index contributed by atoms with van der Waals surface area (Å²) < 4.78 is 6.52. The molecule has 0 aliphatic heterocycles. The van der Waals surface area contributed by atoms with Crippen LogP contribution in [0.4, 0.5) is 0 Å². The average molecular weight is 293 g/mol. The van der Waals surface area contributed by atoms with Crippen LogP contribution in [0.25, 0.3) is 11.1 Å². The van der Waals surface area contributed by atoms with Gasteiger partial charge in [-0.05, 0) is 28.1 Å². The van der Waals surface area contributed by atoms with Crippen LogP contribution in [0, 0.1) is 0 Å². The molecule has 0 fully saturated rings. The Kier molecular flexibility index (Phi) is 1.84. The molecule has 5 heteroatoms. The summed E-state index contributed by atoms with van der Waals surface area (Å²) in [5.41, 5.74) is 1.23. The van der Waals surface area contributed by atoms with Crippen molar-refractivity contribution in [3.05, 3.63) is 31.6 Å². The van der Waals surface area contributed by atoms with Crippen LogP contribution in [0.1, 0.15) is 0 Å². The molecule has 0 unspecified atom stereocenters. The van der Waals surface area contributed by atoms with Crippen LogP contribution >= 0.6 is 31.9 Å². The molecule has 1 N–H and O–H groups in total. The quantitative estimate of drug-likeness (QED) is 0.811. The first-order valence-corrected chi connectivity index (χ1v) is 4.73. The van der Waals surface area contributed by atoms with Crippen molar-refractivity contribution in [3.8, 4) is 0 Å². The Morgan fingerprint density at radius 3 is 2.83 bits per heavy atom. The summed E-state index contributed by atoms with van der Waals surface area (Å²) in [4.78, 5) is 13.4. The molecule has 0 spiro atoms. The Bertz CT molecular complexity index is 486. The van der Waals surface area contributed by atoms with Gasteiger partial charge in [0, 0.05) is 4.47 Å². The SMILES string of the molecule is O=c1[nH]c2cc(Br)cc(Br)c2o1. The second-order valence-corrected chi connectivity index (χ2v) is 4.05. The highest BCUT2D eigenvalue weighted by Gasteiger charge is 2.05. The fraction of sp³-hybridized carbons (Fsp3) is 0. The lowest BCUT2D eigenvalue weighted by atomic mass is 10.3. The zero-order valence-corrected chi connectivity index (χ0v) is 8.90. The van der Waals surface area contributed by atoms with Crippen molar-refractivity contribution >= 4 is 43.0 Å². The van der Waals surface area contributed by atoms with E-state index < -0.39 is 5.76 Å². The largest absolute Gasteiger partial charge is 0.417 e. The minimum atomic E-state index is -0.441. The molecule has 0 atom stereocenters. The van der Waals surface area contributed by atoms with Gasteiger partial charge in [0.2, 0.25) is 0 Å². The van der Waals surface area contributed by atoms with Gasteiger partial charge in [-0.2, -0.15) is 0 Å². The highest BCUT2D eigenvalue weighted by molar-refractivity contribution is 9.11. The van der Waals surface area contributed by atoms with Gasteiger partial charge in [0.15, 0.2) is 5.58 Å². The molecule has 0 radical (unpaired) electrons. The van der Waals surface area contributed by atoms with Gasteiger partial charge in [0.05, 0.1) is 9.99 Å². The number of benzene rings is 1. The average Bonchev–Trinajstić information content (AvgIpc) is 2.29. The summed E-state index contributed by atoms with van der Waals surface area (Å²) in [6.07, 6.45) is 0. The first kappa shape index (κ1) is 8.07. The van der Waals surface area contributed by atoms with Crippen LogP contribution in [0.3, 0.4) is 0 Å². The third kappa shape index (κ3) is 1.23. The zero-order chi connectivity index (χ0) is 8.72. The monoisotopic (exact) mass is 291 g/mol. The van der Waals surface area contributed by atoms with Gasteiger partial charge in [-0.3, -0.25) is 4.98 Å². The van der Waals surface area contributed by atoms with Crippen molar-refractivity contribution in [1.29, 1.82) is 0 Å². The highest BCUT2D eigenvalue weighted by atomic mass is 79.9. The molecule has 0 saturated heterocycles. The third-order valence-electron chi connectivity index (χ3n) is 1.44. The van der Waals surface area contributed by atoms with E-state index >= 15 is 0 Å². The summed E-state index contributed by atoms with van der Waals surface area (Å²) in [7, 11) is 0. The van der Waals surface area contributed by atoms with E-state index in [1.54, 1.807) is 6.07 Å². The van der Waals surface area contributed by atoms with Gasteiger partial charge in [0.25, 0.3) is 0 Å². The molecule has 2 rings (SSSR count). The molecule has 62 valence electrons. The number of nitrogens with one attached hydrogen (secondary N) is 1. The number of halogens is 2. The van der Waals surface area contributed by atoms with E-state index in [0.29, 0.717) is 11.1 Å². The van der Waals surface area contributed by atoms with Crippen molar-refractivity contribution in [2.24, 2.45) is 0 Å². The Morgan fingerprint density at radius 1 is 1.33 bits per heavy atom. The molecule has 2 aromatic rings. The van der Waals surface area contributed by atoms with E-state index in [2.05, 4.69) is 36.8 Å². The molecular weight excluding hydrogens is 290 g/mol. The lowest BCUT2D eigenvalue weighted by molar-refractivity contribution is 0.554. The van der Waals surface area contributed by atoms with E-state index in [9.17, 15) is 4.79 Å². The molecule has 12 heavy (non-hydrogen) atoms. The fourth-order valence-electron chi connectivity index (χ4n) is 0.985. The maximum Gasteiger partial charge on any atom is 0.417 e. The Labute approximate surface area is 84.0 Å². The van der Waals surface area contributed by atoms with E-state index in [0.717, 1.165) is 8.95 Å².